The molecule has 6 N–H and O–H groups in total. The molecule has 3 rings (SSSR count). The third-order valence-electron chi connectivity index (χ3n) is 3.82. The molecule has 1 aliphatic carbocycles. The molecule has 1 saturated carbocycles. The lowest BCUT2D eigenvalue weighted by Crippen LogP contribution is -2.18. The summed E-state index contributed by atoms with van der Waals surface area (Å²) in [6, 6.07) is 4.38. The van der Waals surface area contributed by atoms with Crippen LogP contribution in [0.5, 0.6) is 0 Å². The van der Waals surface area contributed by atoms with Crippen molar-refractivity contribution in [3.8, 4) is 0 Å². The molecule has 0 bridgehead atoms. The lowest BCUT2D eigenvalue weighted by Gasteiger charge is -2.14. The number of pyridine rings is 1. The van der Waals surface area contributed by atoms with Gasteiger partial charge in [-0.25, -0.2) is 10.8 Å². The van der Waals surface area contributed by atoms with Crippen LogP contribution in [0, 0.1) is 0 Å². The first kappa shape index (κ1) is 14.7. The lowest BCUT2D eigenvalue weighted by atomic mass is 10.2. The highest BCUT2D eigenvalue weighted by Gasteiger charge is 2.18. The number of hydrogen-bond donors (Lipinski definition) is 4. The summed E-state index contributed by atoms with van der Waals surface area (Å²) in [5.41, 5.74) is 16.6. The van der Waals surface area contributed by atoms with Gasteiger partial charge in [0.05, 0.1) is 20.8 Å². The number of rotatable bonds is 4. The van der Waals surface area contributed by atoms with E-state index >= 15 is 0 Å². The van der Waals surface area contributed by atoms with Crippen molar-refractivity contribution in [1.29, 1.82) is 0 Å². The molecule has 0 atom stereocenters. The molecule has 0 saturated heterocycles. The molecule has 22 heavy (non-hydrogen) atoms. The van der Waals surface area contributed by atoms with Crippen molar-refractivity contribution in [2.45, 2.75) is 31.7 Å². The number of nitrogens with one attached hydrogen (secondary N) is 2. The standard InChI is InChI=1S/C16H19N5S/c1-2-5-11(21-18)14-8-12-16(22-14)13(9-15(17)20-12)19-10-6-3-4-7-10/h8-10,21H,1,3-4,6-7,18H2,(H3,17,19,20). The Bertz CT molecular complexity index is 775. The summed E-state index contributed by atoms with van der Waals surface area (Å²) in [5.74, 6) is 6.06. The van der Waals surface area contributed by atoms with Crippen LogP contribution in [0.15, 0.2) is 30.2 Å². The van der Waals surface area contributed by atoms with Crippen LogP contribution in [-0.2, 0) is 0 Å². The molecule has 0 amide bonds. The van der Waals surface area contributed by atoms with E-state index < -0.39 is 0 Å². The highest BCUT2D eigenvalue weighted by Crippen LogP contribution is 2.36. The van der Waals surface area contributed by atoms with Gasteiger partial charge in [-0.1, -0.05) is 18.6 Å². The first-order valence-electron chi connectivity index (χ1n) is 7.30. The minimum atomic E-state index is 0.517. The number of nitrogens with two attached hydrogens (primary N) is 2. The molecule has 0 unspecified atom stereocenters. The predicted octanol–water partition coefficient (Wildman–Crippen LogP) is 2.98. The number of hydrogen-bond acceptors (Lipinski definition) is 6. The molecule has 5 nitrogen and oxygen atoms in total. The number of hydrazine groups is 1. The summed E-state index contributed by atoms with van der Waals surface area (Å²) in [5, 5.41) is 3.61. The van der Waals surface area contributed by atoms with Crippen LogP contribution >= 0.6 is 11.3 Å². The van der Waals surface area contributed by atoms with Gasteiger partial charge in [0, 0.05) is 12.1 Å². The second kappa shape index (κ2) is 6.26. The predicted molar refractivity (Wildman–Crippen MR) is 93.3 cm³/mol. The van der Waals surface area contributed by atoms with Crippen molar-refractivity contribution in [2.24, 2.45) is 5.84 Å². The monoisotopic (exact) mass is 313 g/mol. The first-order valence-corrected chi connectivity index (χ1v) is 8.11. The lowest BCUT2D eigenvalue weighted by molar-refractivity contribution is 0.757. The third-order valence-corrected chi connectivity index (χ3v) is 4.99. The Morgan fingerprint density at radius 1 is 1.36 bits per heavy atom. The second-order valence-corrected chi connectivity index (χ2v) is 6.42. The van der Waals surface area contributed by atoms with Crippen molar-refractivity contribution < 1.29 is 0 Å². The molecule has 0 aromatic carbocycles. The fourth-order valence-electron chi connectivity index (χ4n) is 2.82. The highest BCUT2D eigenvalue weighted by atomic mass is 32.1. The summed E-state index contributed by atoms with van der Waals surface area (Å²) in [7, 11) is 0. The van der Waals surface area contributed by atoms with E-state index in [1.807, 2.05) is 12.1 Å². The van der Waals surface area contributed by atoms with Gasteiger partial charge in [0.2, 0.25) is 0 Å². The molecule has 0 radical (unpaired) electrons. The van der Waals surface area contributed by atoms with E-state index in [1.54, 1.807) is 11.3 Å². The van der Waals surface area contributed by atoms with E-state index in [9.17, 15) is 0 Å². The van der Waals surface area contributed by atoms with Crippen LogP contribution in [0.2, 0.25) is 0 Å². The molecule has 2 aromatic rings. The van der Waals surface area contributed by atoms with Crippen LogP contribution in [0.25, 0.3) is 15.9 Å². The Morgan fingerprint density at radius 2 is 2.14 bits per heavy atom. The molecule has 0 aliphatic heterocycles. The van der Waals surface area contributed by atoms with E-state index in [0.717, 1.165) is 20.8 Å². The van der Waals surface area contributed by atoms with Gasteiger partial charge >= 0.3 is 0 Å². The Morgan fingerprint density at radius 3 is 2.82 bits per heavy atom. The maximum Gasteiger partial charge on any atom is 0.126 e. The third kappa shape index (κ3) is 2.86. The average Bonchev–Trinajstić information content (AvgIpc) is 3.13. The Balaban J connectivity index is 2.06. The largest absolute Gasteiger partial charge is 0.384 e. The summed E-state index contributed by atoms with van der Waals surface area (Å²) in [6.07, 6.45) is 4.98. The second-order valence-electron chi connectivity index (χ2n) is 5.37. The fourth-order valence-corrected chi connectivity index (χ4v) is 3.86. The average molecular weight is 313 g/mol. The number of fused-ring (bicyclic) bond motifs is 1. The quantitative estimate of drug-likeness (QED) is 0.396. The summed E-state index contributed by atoms with van der Waals surface area (Å²) in [6.45, 7) is 3.53. The molecular weight excluding hydrogens is 294 g/mol. The van der Waals surface area contributed by atoms with Crippen molar-refractivity contribution in [3.05, 3.63) is 35.1 Å². The normalized spacial score (nSPS) is 14.6. The molecule has 2 heterocycles. The molecule has 0 spiro atoms. The van der Waals surface area contributed by atoms with E-state index in [4.69, 9.17) is 11.6 Å². The Hall–Kier alpha value is -2.23. The van der Waals surface area contributed by atoms with Gasteiger partial charge in [-0.15, -0.1) is 11.3 Å². The van der Waals surface area contributed by atoms with E-state index in [1.165, 1.54) is 25.7 Å². The van der Waals surface area contributed by atoms with Crippen LogP contribution in [0.3, 0.4) is 0 Å². The van der Waals surface area contributed by atoms with E-state index in [0.29, 0.717) is 17.6 Å². The summed E-state index contributed by atoms with van der Waals surface area (Å²) in [4.78, 5) is 5.34. The maximum absolute atomic E-state index is 5.94. The molecule has 114 valence electrons. The Labute approximate surface area is 133 Å². The van der Waals surface area contributed by atoms with Crippen LogP contribution < -0.4 is 22.3 Å². The van der Waals surface area contributed by atoms with E-state index in [2.05, 4.69) is 33.8 Å². The van der Waals surface area contributed by atoms with Crippen LogP contribution in [0.4, 0.5) is 11.5 Å². The fraction of sp³-hybridized carbons (Fsp3) is 0.312. The summed E-state index contributed by atoms with van der Waals surface area (Å²) >= 11 is 1.60. The number of nitrogens with zero attached hydrogens (tertiary/aromatic N) is 1. The topological polar surface area (TPSA) is 89.0 Å². The highest BCUT2D eigenvalue weighted by molar-refractivity contribution is 7.20. The number of nitrogen functional groups attached to an aromatic ring is 1. The minimum absolute atomic E-state index is 0.517. The van der Waals surface area contributed by atoms with Crippen molar-refractivity contribution in [2.75, 3.05) is 11.1 Å². The molecule has 2 aromatic heterocycles. The zero-order valence-electron chi connectivity index (χ0n) is 12.3. The molecule has 6 heteroatoms. The van der Waals surface area contributed by atoms with E-state index in [-0.39, 0.29) is 0 Å². The summed E-state index contributed by atoms with van der Waals surface area (Å²) < 4.78 is 1.08. The molecule has 1 aliphatic rings. The van der Waals surface area contributed by atoms with Gasteiger partial charge in [-0.05, 0) is 31.2 Å². The maximum atomic E-state index is 5.94. The number of aromatic nitrogens is 1. The molecular formula is C16H19N5S. The zero-order chi connectivity index (χ0) is 15.5. The van der Waals surface area contributed by atoms with Gasteiger partial charge in [0.1, 0.15) is 11.5 Å². The van der Waals surface area contributed by atoms with Gasteiger partial charge in [-0.2, -0.15) is 0 Å². The van der Waals surface area contributed by atoms with Crippen LogP contribution in [0.1, 0.15) is 30.6 Å². The molecule has 1 fully saturated rings. The smallest absolute Gasteiger partial charge is 0.126 e. The van der Waals surface area contributed by atoms with Crippen LogP contribution in [-0.4, -0.2) is 11.0 Å². The SMILES string of the molecule is C=C=C=C(NN)c1cc2nc(N)cc(NC3CCCC3)c2s1. The van der Waals surface area contributed by atoms with Gasteiger partial charge < -0.3 is 16.5 Å². The Kier molecular flexibility index (Phi) is 4.18. The first-order chi connectivity index (χ1) is 10.7. The number of anilines is 2. The van der Waals surface area contributed by atoms with Crippen molar-refractivity contribution in [3.63, 3.8) is 0 Å². The zero-order valence-corrected chi connectivity index (χ0v) is 13.1. The number of thiophene rings is 1. The van der Waals surface area contributed by atoms with Gasteiger partial charge in [0.25, 0.3) is 0 Å². The van der Waals surface area contributed by atoms with Crippen molar-refractivity contribution in [1.82, 2.24) is 10.4 Å². The van der Waals surface area contributed by atoms with Gasteiger partial charge in [-0.3, -0.25) is 0 Å². The van der Waals surface area contributed by atoms with Gasteiger partial charge in [0.15, 0.2) is 0 Å². The van der Waals surface area contributed by atoms with Crippen molar-refractivity contribution >= 4 is 38.8 Å². The minimum Gasteiger partial charge on any atom is -0.384 e.